The van der Waals surface area contributed by atoms with Crippen LogP contribution in [0.1, 0.15) is 18.1 Å². The molecule has 124 valence electrons. The molecule has 0 radical (unpaired) electrons. The monoisotopic (exact) mass is 349 g/mol. The fraction of sp³-hybridized carbons (Fsp3) is 0.417. The van der Waals surface area contributed by atoms with Crippen LogP contribution in [0.3, 0.4) is 0 Å². The normalized spacial score (nSPS) is 13.6. The van der Waals surface area contributed by atoms with Crippen molar-refractivity contribution in [1.29, 1.82) is 0 Å². The first-order valence-corrected chi connectivity index (χ1v) is 6.20. The summed E-state index contributed by atoms with van der Waals surface area (Å²) in [7, 11) is 0. The van der Waals surface area contributed by atoms with Crippen LogP contribution in [0.15, 0.2) is 18.2 Å². The molecule has 1 amide bonds. The van der Waals surface area contributed by atoms with Crippen LogP contribution in [0.25, 0.3) is 0 Å². The van der Waals surface area contributed by atoms with Crippen LogP contribution in [-0.4, -0.2) is 18.1 Å². The zero-order valence-electron chi connectivity index (χ0n) is 11.0. The van der Waals surface area contributed by atoms with Gasteiger partial charge in [-0.15, -0.1) is 11.6 Å². The Kier molecular flexibility index (Phi) is 5.55. The molecule has 1 N–H and O–H groups in total. The molecular formula is C12H10ClF6NO2. The van der Waals surface area contributed by atoms with E-state index in [4.69, 9.17) is 11.6 Å². The minimum atomic E-state index is -4.99. The number of ether oxygens (including phenoxy) is 1. The van der Waals surface area contributed by atoms with Crippen LogP contribution in [0.5, 0.6) is 0 Å². The molecule has 0 heterocycles. The topological polar surface area (TPSA) is 38.3 Å². The Bertz CT molecular complexity index is 509. The van der Waals surface area contributed by atoms with Gasteiger partial charge in [0.1, 0.15) is 6.61 Å². The van der Waals surface area contributed by atoms with E-state index in [-0.39, 0.29) is 12.7 Å². The maximum atomic E-state index is 12.6. The Hall–Kier alpha value is -1.64. The molecule has 0 bridgehead atoms. The second-order valence-electron chi connectivity index (χ2n) is 4.30. The average Bonchev–Trinajstić information content (AvgIpc) is 2.34. The molecule has 10 heteroatoms. The number of carbonyl (C=O) groups is 1. The summed E-state index contributed by atoms with van der Waals surface area (Å²) in [5.41, 5.74) is -3.76. The molecule has 1 rings (SSSR count). The molecule has 0 aromatic heterocycles. The molecule has 0 saturated carbocycles. The summed E-state index contributed by atoms with van der Waals surface area (Å²) >= 11 is 5.49. The number of nitrogens with one attached hydrogen (secondary N) is 1. The fourth-order valence-electron chi connectivity index (χ4n) is 1.37. The van der Waals surface area contributed by atoms with Gasteiger partial charge >= 0.3 is 18.4 Å². The molecule has 1 aromatic rings. The van der Waals surface area contributed by atoms with Crippen LogP contribution in [0.4, 0.5) is 36.8 Å². The van der Waals surface area contributed by atoms with Crippen molar-refractivity contribution < 1.29 is 35.9 Å². The van der Waals surface area contributed by atoms with Crippen molar-refractivity contribution in [1.82, 2.24) is 0 Å². The molecule has 0 aliphatic carbocycles. The summed E-state index contributed by atoms with van der Waals surface area (Å²) in [6.45, 7) is 1.24. The number of halogens is 7. The van der Waals surface area contributed by atoms with E-state index >= 15 is 0 Å². The van der Waals surface area contributed by atoms with Gasteiger partial charge in [-0.05, 0) is 25.1 Å². The highest BCUT2D eigenvalue weighted by Crippen LogP contribution is 2.37. The van der Waals surface area contributed by atoms with Gasteiger partial charge < -0.3 is 4.74 Å². The van der Waals surface area contributed by atoms with Gasteiger partial charge in [0.05, 0.1) is 16.5 Å². The van der Waals surface area contributed by atoms with Crippen molar-refractivity contribution in [2.45, 2.75) is 24.7 Å². The summed E-state index contributed by atoms with van der Waals surface area (Å²) in [6.07, 6.45) is -11.2. The number of amides is 1. The maximum Gasteiger partial charge on any atom is 0.416 e. The predicted octanol–water partition coefficient (Wildman–Crippen LogP) is 4.90. The van der Waals surface area contributed by atoms with E-state index < -0.39 is 40.6 Å². The number of alkyl halides is 7. The Labute approximate surface area is 126 Å². The summed E-state index contributed by atoms with van der Waals surface area (Å²) in [5, 5.41) is 1.25. The molecule has 3 nitrogen and oxygen atoms in total. The van der Waals surface area contributed by atoms with Crippen molar-refractivity contribution in [3.63, 3.8) is 0 Å². The second-order valence-corrected chi connectivity index (χ2v) is 5.04. The largest absolute Gasteiger partial charge is 0.448 e. The van der Waals surface area contributed by atoms with E-state index in [1.807, 2.05) is 0 Å². The Morgan fingerprint density at radius 1 is 1.14 bits per heavy atom. The number of hydrogen-bond acceptors (Lipinski definition) is 2. The standard InChI is InChI=1S/C12H10ClF6NO2/c1-6(13)5-22-10(21)20-9-3-7(11(14,15)16)2-8(4-9)12(17,18)19/h2-4,6H,5H2,1H3,(H,20,21). The molecule has 1 aromatic carbocycles. The number of anilines is 1. The SMILES string of the molecule is CC(Cl)COC(=O)Nc1cc(C(F)(F)F)cc(C(F)(F)F)c1. The van der Waals surface area contributed by atoms with Gasteiger partial charge in [-0.1, -0.05) is 0 Å². The van der Waals surface area contributed by atoms with Gasteiger partial charge in [0.2, 0.25) is 0 Å². The highest BCUT2D eigenvalue weighted by molar-refractivity contribution is 6.20. The number of hydrogen-bond donors (Lipinski definition) is 1. The van der Waals surface area contributed by atoms with Crippen LogP contribution in [0, 0.1) is 0 Å². The fourth-order valence-corrected chi connectivity index (χ4v) is 1.43. The van der Waals surface area contributed by atoms with Crippen LogP contribution in [0.2, 0.25) is 0 Å². The average molecular weight is 350 g/mol. The van der Waals surface area contributed by atoms with Gasteiger partial charge in [0.25, 0.3) is 0 Å². The molecule has 0 spiro atoms. The van der Waals surface area contributed by atoms with Gasteiger partial charge in [0, 0.05) is 5.69 Å². The minimum absolute atomic E-state index is 0.0443. The van der Waals surface area contributed by atoms with Crippen molar-refractivity contribution in [2.75, 3.05) is 11.9 Å². The van der Waals surface area contributed by atoms with E-state index in [2.05, 4.69) is 4.74 Å². The Morgan fingerprint density at radius 3 is 1.95 bits per heavy atom. The minimum Gasteiger partial charge on any atom is -0.448 e. The zero-order valence-corrected chi connectivity index (χ0v) is 11.7. The van der Waals surface area contributed by atoms with Crippen molar-refractivity contribution >= 4 is 23.4 Å². The summed E-state index contributed by atoms with van der Waals surface area (Å²) in [6, 6.07) is 0.707. The van der Waals surface area contributed by atoms with Crippen molar-refractivity contribution in [3.05, 3.63) is 29.3 Å². The summed E-state index contributed by atoms with van der Waals surface area (Å²) in [5.74, 6) is 0. The lowest BCUT2D eigenvalue weighted by Crippen LogP contribution is -2.19. The van der Waals surface area contributed by atoms with Crippen LogP contribution in [-0.2, 0) is 17.1 Å². The second kappa shape index (κ2) is 6.64. The Morgan fingerprint density at radius 2 is 1.59 bits per heavy atom. The third-order valence-corrected chi connectivity index (χ3v) is 2.40. The maximum absolute atomic E-state index is 12.6. The third-order valence-electron chi connectivity index (χ3n) is 2.28. The summed E-state index contributed by atoms with van der Waals surface area (Å²) in [4.78, 5) is 11.3. The zero-order chi connectivity index (χ0) is 17.1. The lowest BCUT2D eigenvalue weighted by Gasteiger charge is -2.15. The van der Waals surface area contributed by atoms with Crippen LogP contribution >= 0.6 is 11.6 Å². The molecule has 1 unspecified atom stereocenters. The number of benzene rings is 1. The quantitative estimate of drug-likeness (QED) is 0.622. The highest BCUT2D eigenvalue weighted by Gasteiger charge is 2.37. The van der Waals surface area contributed by atoms with Crippen LogP contribution < -0.4 is 5.32 Å². The van der Waals surface area contributed by atoms with Gasteiger partial charge in [-0.25, -0.2) is 4.79 Å². The highest BCUT2D eigenvalue weighted by atomic mass is 35.5. The molecule has 0 aliphatic heterocycles. The van der Waals surface area contributed by atoms with E-state index in [0.29, 0.717) is 12.1 Å². The van der Waals surface area contributed by atoms with E-state index in [0.717, 1.165) is 0 Å². The molecular weight excluding hydrogens is 340 g/mol. The first kappa shape index (κ1) is 18.4. The van der Waals surface area contributed by atoms with Gasteiger partial charge in [0.15, 0.2) is 0 Å². The third kappa shape index (κ3) is 5.63. The molecule has 1 atom stereocenters. The Balaban J connectivity index is 3.06. The summed E-state index contributed by atoms with van der Waals surface area (Å²) < 4.78 is 80.1. The number of carbonyl (C=O) groups excluding carboxylic acids is 1. The lowest BCUT2D eigenvalue weighted by atomic mass is 10.1. The first-order valence-electron chi connectivity index (χ1n) is 5.77. The van der Waals surface area contributed by atoms with E-state index in [1.165, 1.54) is 6.92 Å². The van der Waals surface area contributed by atoms with E-state index in [9.17, 15) is 31.1 Å². The molecule has 0 fully saturated rings. The first-order chi connectivity index (χ1) is 9.89. The predicted molar refractivity (Wildman–Crippen MR) is 66.7 cm³/mol. The lowest BCUT2D eigenvalue weighted by molar-refractivity contribution is -0.143. The van der Waals surface area contributed by atoms with Gasteiger partial charge in [-0.2, -0.15) is 26.3 Å². The number of rotatable bonds is 3. The molecule has 0 saturated heterocycles. The molecule has 0 aliphatic rings. The van der Waals surface area contributed by atoms with Crippen molar-refractivity contribution in [2.24, 2.45) is 0 Å². The molecule has 22 heavy (non-hydrogen) atoms. The van der Waals surface area contributed by atoms with Gasteiger partial charge in [-0.3, -0.25) is 5.32 Å². The van der Waals surface area contributed by atoms with Crippen molar-refractivity contribution in [3.8, 4) is 0 Å². The smallest absolute Gasteiger partial charge is 0.416 e. The van der Waals surface area contributed by atoms with E-state index in [1.54, 1.807) is 5.32 Å².